The highest BCUT2D eigenvalue weighted by Gasteiger charge is 2.52. The first-order valence-corrected chi connectivity index (χ1v) is 7.87. The van der Waals surface area contributed by atoms with Crippen molar-refractivity contribution in [3.8, 4) is 0 Å². The van der Waals surface area contributed by atoms with Gasteiger partial charge in [-0.15, -0.1) is 0 Å². The van der Waals surface area contributed by atoms with E-state index < -0.39 is 50.4 Å². The quantitative estimate of drug-likeness (QED) is 0.734. The van der Waals surface area contributed by atoms with Crippen molar-refractivity contribution in [1.29, 1.82) is 0 Å². The minimum absolute atomic E-state index is 0.606. The monoisotopic (exact) mass is 319 g/mol. The Kier molecular flexibility index (Phi) is 2.92. The van der Waals surface area contributed by atoms with Crippen LogP contribution in [-0.4, -0.2) is 25.5 Å². The largest absolute Gasteiger partial charge is 0.458 e. The number of hydrogen-bond acceptors (Lipinski definition) is 5. The van der Waals surface area contributed by atoms with E-state index in [9.17, 15) is 30.0 Å². The summed E-state index contributed by atoms with van der Waals surface area (Å²) in [5.74, 6) is 0. The van der Waals surface area contributed by atoms with E-state index in [1.807, 2.05) is 0 Å². The molecule has 5 nitrogen and oxygen atoms in total. The zero-order chi connectivity index (χ0) is 13.8. The molecular formula is C7H4F3NO4S3. The average Bonchev–Trinajstić information content (AvgIpc) is 2.37. The van der Waals surface area contributed by atoms with Gasteiger partial charge in [-0.1, -0.05) is 12.1 Å². The van der Waals surface area contributed by atoms with E-state index in [4.69, 9.17) is 0 Å². The van der Waals surface area contributed by atoms with Crippen LogP contribution in [0.25, 0.3) is 0 Å². The van der Waals surface area contributed by atoms with Crippen LogP contribution in [-0.2, 0) is 20.0 Å². The number of sulfonamides is 2. The van der Waals surface area contributed by atoms with Gasteiger partial charge in [0.1, 0.15) is 9.79 Å². The highest BCUT2D eigenvalue weighted by atomic mass is 32.3. The molecule has 0 radical (unpaired) electrons. The van der Waals surface area contributed by atoms with Gasteiger partial charge in [0, 0.05) is 0 Å². The third-order valence-electron chi connectivity index (χ3n) is 1.98. The second kappa shape index (κ2) is 3.85. The summed E-state index contributed by atoms with van der Waals surface area (Å²) < 4.78 is 82.8. The molecule has 1 heterocycles. The number of rotatable bonds is 1. The zero-order valence-electron chi connectivity index (χ0n) is 8.25. The molecule has 0 N–H and O–H groups in total. The molecule has 0 amide bonds. The lowest BCUT2D eigenvalue weighted by Crippen LogP contribution is -2.27. The molecule has 0 aromatic heterocycles. The second-order valence-electron chi connectivity index (χ2n) is 3.16. The fourth-order valence-electron chi connectivity index (χ4n) is 1.35. The van der Waals surface area contributed by atoms with Gasteiger partial charge in [0.2, 0.25) is 0 Å². The first-order valence-electron chi connectivity index (χ1n) is 4.22. The number of hydrogen-bond donors (Lipinski definition) is 0. The molecule has 0 unspecified atom stereocenters. The minimum Gasteiger partial charge on any atom is -0.205 e. The number of benzene rings is 1. The van der Waals surface area contributed by atoms with Crippen molar-refractivity contribution in [3.63, 3.8) is 0 Å². The van der Waals surface area contributed by atoms with E-state index in [2.05, 4.69) is 0 Å². The summed E-state index contributed by atoms with van der Waals surface area (Å²) in [5, 5.41) is 0. The Morgan fingerprint density at radius 2 is 1.33 bits per heavy atom. The molecule has 0 atom stereocenters. The van der Waals surface area contributed by atoms with Gasteiger partial charge in [0.05, 0.1) is 11.9 Å². The molecule has 0 saturated carbocycles. The van der Waals surface area contributed by atoms with Gasteiger partial charge in [-0.3, -0.25) is 0 Å². The molecule has 100 valence electrons. The van der Waals surface area contributed by atoms with Gasteiger partial charge < -0.3 is 0 Å². The summed E-state index contributed by atoms with van der Waals surface area (Å²) in [7, 11) is -9.40. The van der Waals surface area contributed by atoms with Crippen LogP contribution in [0.15, 0.2) is 34.1 Å². The lowest BCUT2D eigenvalue weighted by Gasteiger charge is -2.13. The summed E-state index contributed by atoms with van der Waals surface area (Å²) in [6, 6.07) is 4.35. The molecule has 1 aliphatic rings. The Hall–Kier alpha value is -0.780. The third-order valence-corrected chi connectivity index (χ3v) is 7.87. The Morgan fingerprint density at radius 3 is 1.67 bits per heavy atom. The fourth-order valence-corrected chi connectivity index (χ4v) is 6.91. The topological polar surface area (TPSA) is 71.5 Å². The number of fused-ring (bicyclic) bond motifs is 1. The van der Waals surface area contributed by atoms with Crippen molar-refractivity contribution in [2.75, 3.05) is 0 Å². The predicted octanol–water partition coefficient (Wildman–Crippen LogP) is 1.55. The van der Waals surface area contributed by atoms with E-state index in [1.54, 1.807) is 0 Å². The Balaban J connectivity index is 2.68. The molecule has 2 rings (SSSR count). The van der Waals surface area contributed by atoms with E-state index in [0.717, 1.165) is 12.1 Å². The van der Waals surface area contributed by atoms with Gasteiger partial charge in [-0.05, 0) is 15.2 Å². The highest BCUT2D eigenvalue weighted by Crippen LogP contribution is 2.46. The fraction of sp³-hybridized carbons (Fsp3) is 0.143. The normalized spacial score (nSPS) is 21.7. The number of nitrogens with zero attached hydrogens (tertiary/aromatic N) is 1. The Labute approximate surface area is 105 Å². The van der Waals surface area contributed by atoms with Crippen molar-refractivity contribution in [2.24, 2.45) is 0 Å². The van der Waals surface area contributed by atoms with Gasteiger partial charge in [-0.2, -0.15) is 13.2 Å². The average molecular weight is 319 g/mol. The van der Waals surface area contributed by atoms with Crippen LogP contribution >= 0.6 is 11.9 Å². The van der Waals surface area contributed by atoms with Gasteiger partial charge in [-0.25, -0.2) is 16.8 Å². The molecule has 18 heavy (non-hydrogen) atoms. The molecule has 0 aliphatic carbocycles. The Bertz CT molecular complexity index is 642. The van der Waals surface area contributed by atoms with Crippen LogP contribution in [0.4, 0.5) is 13.2 Å². The van der Waals surface area contributed by atoms with Gasteiger partial charge in [0.15, 0.2) is 0 Å². The summed E-state index contributed by atoms with van der Waals surface area (Å²) in [6.07, 6.45) is 0. The maximum absolute atomic E-state index is 12.2. The molecule has 0 fully saturated rings. The summed E-state index contributed by atoms with van der Waals surface area (Å²) in [4.78, 5) is -1.30. The van der Waals surface area contributed by atoms with Crippen LogP contribution in [0.3, 0.4) is 0 Å². The van der Waals surface area contributed by atoms with Crippen LogP contribution in [0.5, 0.6) is 0 Å². The van der Waals surface area contributed by atoms with Crippen molar-refractivity contribution in [2.45, 2.75) is 15.3 Å². The molecule has 0 bridgehead atoms. The van der Waals surface area contributed by atoms with Crippen molar-refractivity contribution in [1.82, 2.24) is 3.12 Å². The van der Waals surface area contributed by atoms with E-state index >= 15 is 0 Å². The van der Waals surface area contributed by atoms with E-state index in [0.29, 0.717) is 0 Å². The number of halogens is 3. The molecule has 0 saturated heterocycles. The van der Waals surface area contributed by atoms with E-state index in [1.165, 1.54) is 12.1 Å². The summed E-state index contributed by atoms with van der Waals surface area (Å²) in [6.45, 7) is 0. The van der Waals surface area contributed by atoms with Gasteiger partial charge >= 0.3 is 5.51 Å². The van der Waals surface area contributed by atoms with Crippen LogP contribution in [0, 0.1) is 0 Å². The Morgan fingerprint density at radius 1 is 0.944 bits per heavy atom. The van der Waals surface area contributed by atoms with Crippen molar-refractivity contribution < 1.29 is 30.0 Å². The molecule has 1 aromatic rings. The van der Waals surface area contributed by atoms with E-state index in [-0.39, 0.29) is 0 Å². The molecular weight excluding hydrogens is 315 g/mol. The third kappa shape index (κ3) is 2.00. The minimum atomic E-state index is -5.03. The first kappa shape index (κ1) is 13.6. The molecule has 1 aromatic carbocycles. The SMILES string of the molecule is O=S1(=O)c2ccccc2S(=O)(=O)N1SC(F)(F)F. The van der Waals surface area contributed by atoms with Crippen LogP contribution in [0.1, 0.15) is 0 Å². The first-order chi connectivity index (χ1) is 8.07. The lowest BCUT2D eigenvalue weighted by molar-refractivity contribution is -0.0341. The lowest BCUT2D eigenvalue weighted by atomic mass is 10.4. The molecule has 1 aliphatic heterocycles. The second-order valence-corrected chi connectivity index (χ2v) is 8.37. The zero-order valence-corrected chi connectivity index (χ0v) is 10.7. The summed E-state index contributed by atoms with van der Waals surface area (Å²) in [5.41, 5.74) is -5.03. The maximum atomic E-state index is 12.2. The van der Waals surface area contributed by atoms with Gasteiger partial charge in [0.25, 0.3) is 20.0 Å². The summed E-state index contributed by atoms with van der Waals surface area (Å²) >= 11 is -1.21. The molecule has 0 spiro atoms. The predicted molar refractivity (Wildman–Crippen MR) is 56.3 cm³/mol. The molecule has 11 heteroatoms. The maximum Gasteiger partial charge on any atom is 0.458 e. The smallest absolute Gasteiger partial charge is 0.205 e. The number of alkyl halides is 3. The highest BCUT2D eigenvalue weighted by molar-refractivity contribution is 8.22. The van der Waals surface area contributed by atoms with Crippen LogP contribution in [0.2, 0.25) is 0 Å². The van der Waals surface area contributed by atoms with Crippen molar-refractivity contribution in [3.05, 3.63) is 24.3 Å². The van der Waals surface area contributed by atoms with Crippen LogP contribution < -0.4 is 0 Å². The standard InChI is InChI=1S/C7H4F3NO4S3/c8-7(9,10)16-11-17(12,13)5-3-1-2-4-6(5)18(11,14)15/h1-4H. The van der Waals surface area contributed by atoms with Crippen molar-refractivity contribution >= 4 is 32.0 Å².